The molecule has 0 aliphatic carbocycles. The summed E-state index contributed by atoms with van der Waals surface area (Å²) in [7, 11) is 0. The summed E-state index contributed by atoms with van der Waals surface area (Å²) in [4.78, 5) is 17.8. The molecule has 1 atom stereocenters. The third-order valence-corrected chi connectivity index (χ3v) is 4.20. The van der Waals surface area contributed by atoms with Gasteiger partial charge in [-0.3, -0.25) is 9.69 Å². The lowest BCUT2D eigenvalue weighted by molar-refractivity contribution is -0.120. The Hall–Kier alpha value is -1.73. The summed E-state index contributed by atoms with van der Waals surface area (Å²) in [6, 6.07) is 2.20. The van der Waals surface area contributed by atoms with Crippen molar-refractivity contribution in [2.75, 3.05) is 13.1 Å². The topological polar surface area (TPSA) is 71.3 Å². The molecule has 1 N–H and O–H groups in total. The molecule has 0 spiro atoms. The van der Waals surface area contributed by atoms with Crippen LogP contribution in [0.25, 0.3) is 11.4 Å². The Kier molecular flexibility index (Phi) is 4.31. The van der Waals surface area contributed by atoms with Crippen LogP contribution in [0.1, 0.15) is 25.7 Å². The molecule has 6 nitrogen and oxygen atoms in total. The fraction of sp³-hybridized carbons (Fsp3) is 0.500. The zero-order valence-corrected chi connectivity index (χ0v) is 12.7. The van der Waals surface area contributed by atoms with Crippen molar-refractivity contribution < 1.29 is 9.32 Å². The summed E-state index contributed by atoms with van der Waals surface area (Å²) in [6.45, 7) is 4.01. The van der Waals surface area contributed by atoms with Gasteiger partial charge >= 0.3 is 0 Å². The number of nitrogens with one attached hydrogen (secondary N) is 1. The molecule has 21 heavy (non-hydrogen) atoms. The number of likely N-dealkylation sites (tertiary alicyclic amines) is 1. The van der Waals surface area contributed by atoms with Gasteiger partial charge in [0.1, 0.15) is 0 Å². The minimum atomic E-state index is 0.0272. The molecule has 0 radical (unpaired) electrons. The van der Waals surface area contributed by atoms with Crippen LogP contribution in [-0.4, -0.2) is 40.1 Å². The van der Waals surface area contributed by atoms with Gasteiger partial charge in [-0.25, -0.2) is 0 Å². The lowest BCUT2D eigenvalue weighted by Gasteiger charge is -2.31. The molecule has 1 aliphatic rings. The van der Waals surface area contributed by atoms with Gasteiger partial charge in [0.05, 0.1) is 6.54 Å². The van der Waals surface area contributed by atoms with Gasteiger partial charge in [0.15, 0.2) is 0 Å². The maximum absolute atomic E-state index is 11.1. The highest BCUT2D eigenvalue weighted by atomic mass is 32.1. The molecule has 1 amide bonds. The normalized spacial score (nSPS) is 19.6. The molecule has 2 aromatic heterocycles. The van der Waals surface area contributed by atoms with Crippen molar-refractivity contribution in [1.29, 1.82) is 0 Å². The first-order chi connectivity index (χ1) is 10.2. The second kappa shape index (κ2) is 6.36. The molecule has 7 heteroatoms. The summed E-state index contributed by atoms with van der Waals surface area (Å²) in [5.41, 5.74) is 0.991. The van der Waals surface area contributed by atoms with E-state index < -0.39 is 0 Å². The van der Waals surface area contributed by atoms with Crippen molar-refractivity contribution in [3.8, 4) is 11.4 Å². The average Bonchev–Trinajstić information content (AvgIpc) is 3.08. The number of amides is 1. The van der Waals surface area contributed by atoms with E-state index in [1.807, 2.05) is 16.8 Å². The molecule has 1 unspecified atom stereocenters. The fourth-order valence-electron chi connectivity index (χ4n) is 2.62. The van der Waals surface area contributed by atoms with Gasteiger partial charge in [0.25, 0.3) is 0 Å². The van der Waals surface area contributed by atoms with E-state index in [9.17, 15) is 4.79 Å². The number of carbonyl (C=O) groups is 1. The quantitative estimate of drug-likeness (QED) is 0.934. The summed E-state index contributed by atoms with van der Waals surface area (Å²) in [6.07, 6.45) is 2.09. The minimum Gasteiger partial charge on any atom is -0.352 e. The van der Waals surface area contributed by atoms with Gasteiger partial charge in [-0.05, 0) is 30.8 Å². The molecule has 0 aromatic carbocycles. The van der Waals surface area contributed by atoms with Crippen LogP contribution in [0.2, 0.25) is 0 Å². The highest BCUT2D eigenvalue weighted by Crippen LogP contribution is 2.20. The van der Waals surface area contributed by atoms with Crippen LogP contribution in [0.15, 0.2) is 21.3 Å². The maximum atomic E-state index is 11.1. The number of rotatable bonds is 4. The maximum Gasteiger partial charge on any atom is 0.241 e. The Morgan fingerprint density at radius 3 is 3.29 bits per heavy atom. The Morgan fingerprint density at radius 2 is 2.52 bits per heavy atom. The predicted molar refractivity (Wildman–Crippen MR) is 79.7 cm³/mol. The Labute approximate surface area is 127 Å². The van der Waals surface area contributed by atoms with E-state index in [0.29, 0.717) is 18.3 Å². The molecular weight excluding hydrogens is 288 g/mol. The standard InChI is InChI=1S/C14H18N4O2S/c1-10(19)15-12-3-2-5-18(7-12)8-13-16-14(17-20-13)11-4-6-21-9-11/h4,6,9,12H,2-3,5,7-8H2,1H3,(H,15,19). The zero-order chi connectivity index (χ0) is 14.7. The minimum absolute atomic E-state index is 0.0272. The van der Waals surface area contributed by atoms with E-state index in [1.54, 1.807) is 18.3 Å². The average molecular weight is 306 g/mol. The molecular formula is C14H18N4O2S. The van der Waals surface area contributed by atoms with E-state index in [4.69, 9.17) is 4.52 Å². The summed E-state index contributed by atoms with van der Waals surface area (Å²) >= 11 is 1.61. The van der Waals surface area contributed by atoms with Crippen molar-refractivity contribution in [3.63, 3.8) is 0 Å². The largest absolute Gasteiger partial charge is 0.352 e. The number of thiophene rings is 1. The number of aromatic nitrogens is 2. The van der Waals surface area contributed by atoms with E-state index in [-0.39, 0.29) is 11.9 Å². The van der Waals surface area contributed by atoms with Gasteiger partial charge < -0.3 is 9.84 Å². The van der Waals surface area contributed by atoms with E-state index in [1.165, 1.54) is 0 Å². The van der Waals surface area contributed by atoms with Crippen LogP contribution in [0.4, 0.5) is 0 Å². The Bertz CT molecular complexity index is 596. The molecule has 1 fully saturated rings. The number of piperidine rings is 1. The molecule has 0 saturated carbocycles. The van der Waals surface area contributed by atoms with Crippen molar-refractivity contribution in [2.24, 2.45) is 0 Å². The van der Waals surface area contributed by atoms with Crippen LogP contribution in [0.5, 0.6) is 0 Å². The third-order valence-electron chi connectivity index (χ3n) is 3.52. The predicted octanol–water partition coefficient (Wildman–Crippen LogP) is 1.90. The van der Waals surface area contributed by atoms with Crippen molar-refractivity contribution >= 4 is 17.2 Å². The van der Waals surface area contributed by atoms with Crippen molar-refractivity contribution in [2.45, 2.75) is 32.4 Å². The third kappa shape index (κ3) is 3.68. The Morgan fingerprint density at radius 1 is 1.62 bits per heavy atom. The van der Waals surface area contributed by atoms with E-state index in [0.717, 1.165) is 31.5 Å². The number of hydrogen-bond acceptors (Lipinski definition) is 6. The zero-order valence-electron chi connectivity index (χ0n) is 11.9. The van der Waals surface area contributed by atoms with Crippen LogP contribution in [0.3, 0.4) is 0 Å². The van der Waals surface area contributed by atoms with E-state index in [2.05, 4.69) is 20.4 Å². The smallest absolute Gasteiger partial charge is 0.241 e. The SMILES string of the molecule is CC(=O)NC1CCCN(Cc2nc(-c3ccsc3)no2)C1. The van der Waals surface area contributed by atoms with Gasteiger partial charge in [0, 0.05) is 30.5 Å². The number of carbonyl (C=O) groups excluding carboxylic acids is 1. The highest BCUT2D eigenvalue weighted by molar-refractivity contribution is 7.08. The first-order valence-corrected chi connectivity index (χ1v) is 7.99. The van der Waals surface area contributed by atoms with Crippen LogP contribution >= 0.6 is 11.3 Å². The molecule has 1 aliphatic heterocycles. The van der Waals surface area contributed by atoms with Crippen LogP contribution < -0.4 is 5.32 Å². The lowest BCUT2D eigenvalue weighted by Crippen LogP contribution is -2.46. The van der Waals surface area contributed by atoms with Crippen molar-refractivity contribution in [3.05, 3.63) is 22.7 Å². The molecule has 112 valence electrons. The fourth-order valence-corrected chi connectivity index (χ4v) is 3.26. The molecule has 1 saturated heterocycles. The van der Waals surface area contributed by atoms with Gasteiger partial charge in [-0.15, -0.1) is 0 Å². The van der Waals surface area contributed by atoms with Gasteiger partial charge in [-0.1, -0.05) is 5.16 Å². The van der Waals surface area contributed by atoms with Gasteiger partial charge in [-0.2, -0.15) is 16.3 Å². The lowest BCUT2D eigenvalue weighted by atomic mass is 10.1. The Balaban J connectivity index is 1.60. The molecule has 0 bridgehead atoms. The van der Waals surface area contributed by atoms with Crippen LogP contribution in [0, 0.1) is 0 Å². The summed E-state index contributed by atoms with van der Waals surface area (Å²) in [5, 5.41) is 11.0. The van der Waals surface area contributed by atoms with Crippen LogP contribution in [-0.2, 0) is 11.3 Å². The second-order valence-electron chi connectivity index (χ2n) is 5.30. The monoisotopic (exact) mass is 306 g/mol. The second-order valence-corrected chi connectivity index (χ2v) is 6.08. The first kappa shape index (κ1) is 14.2. The van der Waals surface area contributed by atoms with Gasteiger partial charge in [0.2, 0.25) is 17.6 Å². The molecule has 3 rings (SSSR count). The summed E-state index contributed by atoms with van der Waals surface area (Å²) < 4.78 is 5.32. The molecule has 3 heterocycles. The summed E-state index contributed by atoms with van der Waals surface area (Å²) in [5.74, 6) is 1.29. The van der Waals surface area contributed by atoms with E-state index >= 15 is 0 Å². The highest BCUT2D eigenvalue weighted by Gasteiger charge is 2.22. The number of hydrogen-bond donors (Lipinski definition) is 1. The van der Waals surface area contributed by atoms with Crippen molar-refractivity contribution in [1.82, 2.24) is 20.4 Å². The molecule has 2 aromatic rings. The number of nitrogens with zero attached hydrogens (tertiary/aromatic N) is 3. The first-order valence-electron chi connectivity index (χ1n) is 7.05.